The van der Waals surface area contributed by atoms with Crippen LogP contribution in [0.15, 0.2) is 16.6 Å². The molecule has 2 rings (SSSR count). The summed E-state index contributed by atoms with van der Waals surface area (Å²) in [6.07, 6.45) is 0. The molecule has 7 N–H and O–H groups in total. The summed E-state index contributed by atoms with van der Waals surface area (Å²) in [7, 11) is 0. The average Bonchev–Trinajstić information content (AvgIpc) is 2.95. The van der Waals surface area contributed by atoms with Crippen LogP contribution in [0.5, 0.6) is 0 Å². The third-order valence-corrected chi connectivity index (χ3v) is 4.83. The van der Waals surface area contributed by atoms with Crippen LogP contribution in [0.1, 0.15) is 28.1 Å². The fraction of sp³-hybridized carbons (Fsp3) is 0.353. The molecule has 1 heterocycles. The van der Waals surface area contributed by atoms with Gasteiger partial charge in [-0.25, -0.2) is 0 Å². The summed E-state index contributed by atoms with van der Waals surface area (Å²) in [5.41, 5.74) is 9.66. The number of hydrogen-bond donors (Lipinski definition) is 6. The zero-order chi connectivity index (χ0) is 18.4. The molecule has 0 saturated heterocycles. The first kappa shape index (κ1) is 19.6. The Morgan fingerprint density at radius 3 is 2.44 bits per heavy atom. The summed E-state index contributed by atoms with van der Waals surface area (Å²) in [5, 5.41) is 41.5. The number of H-pyrrole nitrogens is 1. The summed E-state index contributed by atoms with van der Waals surface area (Å²) in [6, 6.07) is 5.58. The average molecular weight is 409 g/mol. The molecule has 7 nitrogen and oxygen atoms in total. The van der Waals surface area contributed by atoms with Crippen LogP contribution in [0.2, 0.25) is 0 Å². The van der Waals surface area contributed by atoms with E-state index in [4.69, 9.17) is 5.73 Å². The second kappa shape index (κ2) is 9.10. The minimum absolute atomic E-state index is 0.230. The number of aromatic amines is 1. The van der Waals surface area contributed by atoms with E-state index in [9.17, 15) is 20.6 Å². The molecule has 0 unspecified atom stereocenters. The molecule has 0 fully saturated rings. The van der Waals surface area contributed by atoms with Gasteiger partial charge in [0.05, 0.1) is 24.3 Å². The molecule has 0 aliphatic heterocycles. The van der Waals surface area contributed by atoms with Gasteiger partial charge in [-0.1, -0.05) is 12.1 Å². The van der Waals surface area contributed by atoms with E-state index in [0.29, 0.717) is 52.1 Å². The fourth-order valence-corrected chi connectivity index (χ4v) is 3.47. The fourth-order valence-electron chi connectivity index (χ4n) is 2.83. The summed E-state index contributed by atoms with van der Waals surface area (Å²) in [4.78, 5) is 3.07. The van der Waals surface area contributed by atoms with Gasteiger partial charge in [0.2, 0.25) is 0 Å². The third kappa shape index (κ3) is 3.93. The maximum absolute atomic E-state index is 9.86. The van der Waals surface area contributed by atoms with E-state index < -0.39 is 0 Å². The van der Waals surface area contributed by atoms with Crippen molar-refractivity contribution in [3.63, 3.8) is 0 Å². The molecule has 0 radical (unpaired) electrons. The zero-order valence-corrected chi connectivity index (χ0v) is 15.2. The molecule has 134 valence electrons. The van der Waals surface area contributed by atoms with Crippen molar-refractivity contribution in [2.24, 2.45) is 5.73 Å². The smallest absolute Gasteiger partial charge is 0.132 e. The van der Waals surface area contributed by atoms with E-state index in [2.05, 4.69) is 32.3 Å². The Morgan fingerprint density at radius 2 is 1.88 bits per heavy atom. The van der Waals surface area contributed by atoms with Crippen LogP contribution in [0.4, 0.5) is 0 Å². The van der Waals surface area contributed by atoms with E-state index in [1.54, 1.807) is 12.1 Å². The highest BCUT2D eigenvalue weighted by Crippen LogP contribution is 2.38. The van der Waals surface area contributed by atoms with Crippen molar-refractivity contribution in [2.75, 3.05) is 13.1 Å². The van der Waals surface area contributed by atoms with Crippen LogP contribution in [-0.4, -0.2) is 33.4 Å². The van der Waals surface area contributed by atoms with Crippen molar-refractivity contribution < 1.29 is 15.3 Å². The highest BCUT2D eigenvalue weighted by Gasteiger charge is 2.21. The van der Waals surface area contributed by atoms with Crippen LogP contribution < -0.4 is 11.1 Å². The van der Waals surface area contributed by atoms with Gasteiger partial charge < -0.3 is 31.4 Å². The lowest BCUT2D eigenvalue weighted by Gasteiger charge is -2.16. The molecule has 25 heavy (non-hydrogen) atoms. The highest BCUT2D eigenvalue weighted by molar-refractivity contribution is 9.10. The van der Waals surface area contributed by atoms with Gasteiger partial charge in [-0.05, 0) is 38.2 Å². The number of nitrogens with zero attached hydrogens (tertiary/aromatic N) is 1. The standard InChI is InChI=1S/C17H21BrN4O3/c18-17-14(5-20)22-15(6-21-4-3-19)16(17)11-2-1-10(7-23)12(8-24)13(11)9-25/h1-2,21-25H,3-4,6-9,19H2. The van der Waals surface area contributed by atoms with E-state index in [0.717, 1.165) is 11.3 Å². The summed E-state index contributed by atoms with van der Waals surface area (Å²) in [5.74, 6) is 0. The Balaban J connectivity index is 2.64. The van der Waals surface area contributed by atoms with Gasteiger partial charge in [0.25, 0.3) is 0 Å². The molecule has 2 aromatic rings. The first-order valence-corrected chi connectivity index (χ1v) is 8.59. The zero-order valence-electron chi connectivity index (χ0n) is 13.6. The molecule has 0 bridgehead atoms. The van der Waals surface area contributed by atoms with Gasteiger partial charge in [-0.15, -0.1) is 0 Å². The van der Waals surface area contributed by atoms with Crippen LogP contribution in [0.25, 0.3) is 11.1 Å². The Hall–Kier alpha value is -1.73. The summed E-state index contributed by atoms with van der Waals surface area (Å²) in [6.45, 7) is 0.752. The van der Waals surface area contributed by atoms with Gasteiger partial charge >= 0.3 is 0 Å². The first-order chi connectivity index (χ1) is 12.1. The van der Waals surface area contributed by atoms with Gasteiger partial charge in [0.1, 0.15) is 11.8 Å². The summed E-state index contributed by atoms with van der Waals surface area (Å²) >= 11 is 3.45. The third-order valence-electron chi connectivity index (χ3n) is 4.04. The topological polar surface area (TPSA) is 138 Å². The molecular formula is C17H21BrN4O3. The van der Waals surface area contributed by atoms with E-state index >= 15 is 0 Å². The number of rotatable bonds is 8. The number of nitrogens with two attached hydrogens (primary N) is 1. The molecular weight excluding hydrogens is 388 g/mol. The number of benzene rings is 1. The normalized spacial score (nSPS) is 10.9. The van der Waals surface area contributed by atoms with Crippen molar-refractivity contribution in [3.8, 4) is 17.2 Å². The Labute approximate surface area is 154 Å². The predicted octanol–water partition coefficient (Wildman–Crippen LogP) is 0.841. The first-order valence-electron chi connectivity index (χ1n) is 7.80. The molecule has 0 saturated carbocycles. The second-order valence-corrected chi connectivity index (χ2v) is 6.24. The largest absolute Gasteiger partial charge is 0.392 e. The number of nitriles is 1. The van der Waals surface area contributed by atoms with Gasteiger partial charge in [-0.2, -0.15) is 5.26 Å². The van der Waals surface area contributed by atoms with Crippen molar-refractivity contribution in [3.05, 3.63) is 44.7 Å². The van der Waals surface area contributed by atoms with Crippen LogP contribution in [-0.2, 0) is 26.4 Å². The quantitative estimate of drug-likeness (QED) is 0.358. The maximum atomic E-state index is 9.86. The van der Waals surface area contributed by atoms with Crippen molar-refractivity contribution >= 4 is 15.9 Å². The highest BCUT2D eigenvalue weighted by atomic mass is 79.9. The number of aromatic nitrogens is 1. The molecule has 1 aromatic carbocycles. The van der Waals surface area contributed by atoms with Crippen molar-refractivity contribution in [1.29, 1.82) is 5.26 Å². The molecule has 0 spiro atoms. The van der Waals surface area contributed by atoms with Crippen LogP contribution in [0.3, 0.4) is 0 Å². The lowest BCUT2D eigenvalue weighted by atomic mass is 9.92. The minimum atomic E-state index is -0.298. The molecule has 1 aromatic heterocycles. The SMILES string of the molecule is N#Cc1[nH]c(CNCCN)c(-c2ccc(CO)c(CO)c2CO)c1Br. The monoisotopic (exact) mass is 408 g/mol. The Bertz CT molecular complexity index is 783. The number of nitrogens with one attached hydrogen (secondary N) is 2. The predicted molar refractivity (Wildman–Crippen MR) is 97.2 cm³/mol. The van der Waals surface area contributed by atoms with Crippen molar-refractivity contribution in [1.82, 2.24) is 10.3 Å². The second-order valence-electron chi connectivity index (χ2n) is 5.45. The lowest BCUT2D eigenvalue weighted by Crippen LogP contribution is -2.22. The lowest BCUT2D eigenvalue weighted by molar-refractivity contribution is 0.248. The van der Waals surface area contributed by atoms with Crippen LogP contribution in [0, 0.1) is 11.3 Å². The molecule has 0 atom stereocenters. The van der Waals surface area contributed by atoms with E-state index in [-0.39, 0.29) is 19.8 Å². The van der Waals surface area contributed by atoms with Gasteiger partial charge in [0, 0.05) is 30.9 Å². The van der Waals surface area contributed by atoms with E-state index in [1.807, 2.05) is 0 Å². The maximum Gasteiger partial charge on any atom is 0.132 e. The minimum Gasteiger partial charge on any atom is -0.392 e. The number of halogens is 1. The van der Waals surface area contributed by atoms with Crippen molar-refractivity contribution in [2.45, 2.75) is 26.4 Å². The number of aliphatic hydroxyl groups excluding tert-OH is 3. The van der Waals surface area contributed by atoms with Gasteiger partial charge in [-0.3, -0.25) is 0 Å². The molecule has 0 aliphatic rings. The molecule has 0 amide bonds. The van der Waals surface area contributed by atoms with E-state index in [1.165, 1.54) is 0 Å². The Kier molecular flexibility index (Phi) is 7.13. The number of hydrogen-bond acceptors (Lipinski definition) is 6. The Morgan fingerprint density at radius 1 is 1.16 bits per heavy atom. The number of aliphatic hydroxyl groups is 3. The van der Waals surface area contributed by atoms with Gasteiger partial charge in [0.15, 0.2) is 0 Å². The summed E-state index contributed by atoms with van der Waals surface area (Å²) < 4.78 is 0.592. The molecule has 0 aliphatic carbocycles. The van der Waals surface area contributed by atoms with Crippen LogP contribution >= 0.6 is 15.9 Å². The molecule has 8 heteroatoms.